The van der Waals surface area contributed by atoms with Crippen LogP contribution in [0.1, 0.15) is 22.3 Å². The van der Waals surface area contributed by atoms with E-state index in [2.05, 4.69) is 254 Å². The lowest BCUT2D eigenvalue weighted by Gasteiger charge is -2.32. The molecule has 12 aromatic carbocycles. The van der Waals surface area contributed by atoms with Gasteiger partial charge in [-0.2, -0.15) is 0 Å². The maximum Gasteiger partial charge on any atom is 0.0726 e. The molecule has 0 fully saturated rings. The summed E-state index contributed by atoms with van der Waals surface area (Å²) in [4.78, 5) is 2.44. The maximum atomic E-state index is 2.56. The highest BCUT2D eigenvalue weighted by molar-refractivity contribution is 6.26. The van der Waals surface area contributed by atoms with Crippen molar-refractivity contribution >= 4 is 60.2 Å². The first-order chi connectivity index (χ1) is 32.7. The number of benzene rings is 12. The third kappa shape index (κ3) is 5.23. The van der Waals surface area contributed by atoms with Crippen LogP contribution in [0.3, 0.4) is 0 Å². The smallest absolute Gasteiger partial charge is 0.0726 e. The molecule has 0 bridgehead atoms. The van der Waals surface area contributed by atoms with E-state index in [0.29, 0.717) is 0 Å². The molecule has 12 aromatic rings. The molecule has 0 aromatic heterocycles. The zero-order valence-corrected chi connectivity index (χ0v) is 36.1. The van der Waals surface area contributed by atoms with E-state index in [1.54, 1.807) is 0 Å². The molecule has 0 aliphatic heterocycles. The van der Waals surface area contributed by atoms with Gasteiger partial charge < -0.3 is 4.90 Å². The topological polar surface area (TPSA) is 3.24 Å². The molecule has 2 aliphatic rings. The van der Waals surface area contributed by atoms with Gasteiger partial charge in [-0.25, -0.2) is 0 Å². The molecule has 1 unspecified atom stereocenters. The molecule has 0 saturated carbocycles. The molecular weight excluding hydrogens is 795 g/mol. The lowest BCUT2D eigenvalue weighted by molar-refractivity contribution is 0.795. The summed E-state index contributed by atoms with van der Waals surface area (Å²) >= 11 is 0. The summed E-state index contributed by atoms with van der Waals surface area (Å²) in [6.07, 6.45) is 0. The molecule has 1 spiro atoms. The SMILES string of the molecule is c1ccc(-c2ccc(N(c3ccc(-c4cccc5ccccc45)cc3)c3ccc4c(c3)C3(c5ccccc5-4)c4ccccc4-c4cc5c6ccccc6c6ccccc6c5cc43)cc2)cc1. The number of hydrogen-bond acceptors (Lipinski definition) is 1. The van der Waals surface area contributed by atoms with Crippen molar-refractivity contribution in [2.24, 2.45) is 0 Å². The summed E-state index contributed by atoms with van der Waals surface area (Å²) < 4.78 is 0. The Morgan fingerprint density at radius 3 is 1.33 bits per heavy atom. The van der Waals surface area contributed by atoms with Gasteiger partial charge in [0.1, 0.15) is 0 Å². The molecular formula is C65H41N. The first-order valence-corrected chi connectivity index (χ1v) is 23.0. The van der Waals surface area contributed by atoms with E-state index >= 15 is 0 Å². The lowest BCUT2D eigenvalue weighted by Crippen LogP contribution is -2.26. The molecule has 0 N–H and O–H groups in total. The van der Waals surface area contributed by atoms with E-state index in [1.165, 1.54) is 110 Å². The van der Waals surface area contributed by atoms with Crippen LogP contribution in [0.25, 0.3) is 87.6 Å². The molecule has 0 saturated heterocycles. The van der Waals surface area contributed by atoms with E-state index in [-0.39, 0.29) is 0 Å². The van der Waals surface area contributed by atoms with Crippen LogP contribution < -0.4 is 4.90 Å². The Balaban J connectivity index is 1.01. The molecule has 306 valence electrons. The second-order valence-corrected chi connectivity index (χ2v) is 17.9. The highest BCUT2D eigenvalue weighted by Gasteiger charge is 2.52. The minimum atomic E-state index is -0.532. The van der Waals surface area contributed by atoms with Crippen LogP contribution >= 0.6 is 0 Å². The van der Waals surface area contributed by atoms with Gasteiger partial charge in [0.25, 0.3) is 0 Å². The molecule has 66 heavy (non-hydrogen) atoms. The van der Waals surface area contributed by atoms with Gasteiger partial charge in [0.05, 0.1) is 5.41 Å². The fraction of sp³-hybridized carbons (Fsp3) is 0.0154. The van der Waals surface area contributed by atoms with Crippen LogP contribution in [-0.4, -0.2) is 0 Å². The molecule has 1 atom stereocenters. The molecule has 1 heteroatoms. The average molecular weight is 836 g/mol. The van der Waals surface area contributed by atoms with Gasteiger partial charge in [-0.05, 0) is 158 Å². The predicted octanol–water partition coefficient (Wildman–Crippen LogP) is 17.4. The van der Waals surface area contributed by atoms with Crippen LogP contribution in [0.15, 0.2) is 249 Å². The van der Waals surface area contributed by atoms with Crippen molar-refractivity contribution in [2.45, 2.75) is 5.41 Å². The Labute approximate surface area is 384 Å². The average Bonchev–Trinajstić information content (AvgIpc) is 3.85. The number of rotatable bonds is 5. The van der Waals surface area contributed by atoms with Crippen LogP contribution in [0.4, 0.5) is 17.1 Å². The quantitative estimate of drug-likeness (QED) is 0.156. The summed E-state index contributed by atoms with van der Waals surface area (Å²) in [6, 6.07) is 92.7. The maximum absolute atomic E-state index is 2.56. The summed E-state index contributed by atoms with van der Waals surface area (Å²) in [5, 5.41) is 10.3. The van der Waals surface area contributed by atoms with E-state index in [9.17, 15) is 0 Å². The summed E-state index contributed by atoms with van der Waals surface area (Å²) in [7, 11) is 0. The fourth-order valence-corrected chi connectivity index (χ4v) is 11.8. The van der Waals surface area contributed by atoms with E-state index in [4.69, 9.17) is 0 Å². The van der Waals surface area contributed by atoms with Crippen molar-refractivity contribution in [3.63, 3.8) is 0 Å². The minimum absolute atomic E-state index is 0.532. The summed E-state index contributed by atoms with van der Waals surface area (Å²) in [5.74, 6) is 0. The third-order valence-electron chi connectivity index (χ3n) is 14.7. The zero-order chi connectivity index (χ0) is 43.3. The van der Waals surface area contributed by atoms with Crippen molar-refractivity contribution in [3.8, 4) is 44.5 Å². The van der Waals surface area contributed by atoms with Gasteiger partial charge in [0.15, 0.2) is 0 Å². The highest BCUT2D eigenvalue weighted by Crippen LogP contribution is 2.64. The Hall–Kier alpha value is -8.52. The Morgan fingerprint density at radius 2 is 0.667 bits per heavy atom. The van der Waals surface area contributed by atoms with Crippen molar-refractivity contribution in [1.29, 1.82) is 0 Å². The minimum Gasteiger partial charge on any atom is -0.310 e. The van der Waals surface area contributed by atoms with Crippen LogP contribution in [0.5, 0.6) is 0 Å². The molecule has 2 aliphatic carbocycles. The lowest BCUT2D eigenvalue weighted by atomic mass is 9.70. The Bertz CT molecular complexity index is 3910. The van der Waals surface area contributed by atoms with E-state index in [0.717, 1.165) is 17.1 Å². The molecule has 0 radical (unpaired) electrons. The van der Waals surface area contributed by atoms with E-state index < -0.39 is 5.41 Å². The predicted molar refractivity (Wildman–Crippen MR) is 278 cm³/mol. The van der Waals surface area contributed by atoms with Crippen molar-refractivity contribution < 1.29 is 0 Å². The van der Waals surface area contributed by atoms with Crippen LogP contribution in [0.2, 0.25) is 0 Å². The summed E-state index contributed by atoms with van der Waals surface area (Å²) in [6.45, 7) is 0. The van der Waals surface area contributed by atoms with E-state index in [1.807, 2.05) is 0 Å². The normalized spacial score (nSPS) is 14.4. The van der Waals surface area contributed by atoms with Crippen LogP contribution in [0, 0.1) is 0 Å². The Morgan fingerprint density at radius 1 is 0.227 bits per heavy atom. The summed E-state index contributed by atoms with van der Waals surface area (Å²) in [5.41, 5.74) is 18.2. The van der Waals surface area contributed by atoms with Gasteiger partial charge >= 0.3 is 0 Å². The van der Waals surface area contributed by atoms with Crippen LogP contribution in [-0.2, 0) is 5.41 Å². The van der Waals surface area contributed by atoms with Crippen molar-refractivity contribution in [3.05, 3.63) is 271 Å². The van der Waals surface area contributed by atoms with Gasteiger partial charge in [0.2, 0.25) is 0 Å². The first kappa shape index (κ1) is 36.9. The fourth-order valence-electron chi connectivity index (χ4n) is 11.8. The molecule has 0 amide bonds. The van der Waals surface area contributed by atoms with Crippen molar-refractivity contribution in [1.82, 2.24) is 0 Å². The van der Waals surface area contributed by atoms with Gasteiger partial charge in [0, 0.05) is 17.1 Å². The second kappa shape index (κ2) is 14.2. The third-order valence-corrected chi connectivity index (χ3v) is 14.7. The standard InChI is InChI=1S/C65H41N/c1-2-15-42(16-3-1)43-29-33-46(34-30-43)66(47-35-31-45(32-36-47)50-26-14-18-44-17-4-5-19-49(44)50)48-37-38-57-55-24-10-12-27-61(55)65(63(57)39-48)62-28-13-11-25-56(62)60-40-58-53-22-8-6-20-51(53)52-21-7-9-23-54(52)59(58)41-64(60)65/h1-41H. The number of nitrogens with zero attached hydrogens (tertiary/aromatic N) is 1. The Kier molecular flexibility index (Phi) is 7.97. The van der Waals surface area contributed by atoms with Gasteiger partial charge in [-0.1, -0.05) is 200 Å². The van der Waals surface area contributed by atoms with Crippen molar-refractivity contribution in [2.75, 3.05) is 4.90 Å². The number of anilines is 3. The highest BCUT2D eigenvalue weighted by atomic mass is 15.1. The number of hydrogen-bond donors (Lipinski definition) is 0. The first-order valence-electron chi connectivity index (χ1n) is 23.0. The van der Waals surface area contributed by atoms with Gasteiger partial charge in [-0.15, -0.1) is 0 Å². The molecule has 0 heterocycles. The van der Waals surface area contributed by atoms with Gasteiger partial charge in [-0.3, -0.25) is 0 Å². The monoisotopic (exact) mass is 835 g/mol. The number of fused-ring (bicyclic) bond motifs is 17. The molecule has 1 nitrogen and oxygen atoms in total. The second-order valence-electron chi connectivity index (χ2n) is 17.9. The molecule has 14 rings (SSSR count). The zero-order valence-electron chi connectivity index (χ0n) is 36.1. The largest absolute Gasteiger partial charge is 0.310 e.